The van der Waals surface area contributed by atoms with Gasteiger partial charge in [-0.2, -0.15) is 4.98 Å². The molecule has 6 heteroatoms. The Morgan fingerprint density at radius 3 is 2.64 bits per heavy atom. The maximum absolute atomic E-state index is 12.0. The van der Waals surface area contributed by atoms with Crippen molar-refractivity contribution in [2.45, 2.75) is 26.2 Å². The second kappa shape index (κ2) is 6.98. The first-order valence-corrected chi connectivity index (χ1v) is 7.06. The zero-order valence-corrected chi connectivity index (χ0v) is 12.9. The van der Waals surface area contributed by atoms with Gasteiger partial charge < -0.3 is 19.0 Å². The molecular formula is C16H19NO5. The van der Waals surface area contributed by atoms with E-state index in [4.69, 9.17) is 13.9 Å². The van der Waals surface area contributed by atoms with Gasteiger partial charge in [0.2, 0.25) is 11.8 Å². The summed E-state index contributed by atoms with van der Waals surface area (Å²) >= 11 is 0. The summed E-state index contributed by atoms with van der Waals surface area (Å²) in [6, 6.07) is 5.01. The number of nitrogens with zero attached hydrogens (tertiary/aromatic N) is 1. The third-order valence-corrected chi connectivity index (χ3v) is 3.33. The summed E-state index contributed by atoms with van der Waals surface area (Å²) in [4.78, 5) is 16.0. The Morgan fingerprint density at radius 2 is 2.05 bits per heavy atom. The predicted molar refractivity (Wildman–Crippen MR) is 81.6 cm³/mol. The lowest BCUT2D eigenvalue weighted by molar-refractivity contribution is 0.389. The van der Waals surface area contributed by atoms with Crippen molar-refractivity contribution in [1.29, 1.82) is 0 Å². The van der Waals surface area contributed by atoms with Gasteiger partial charge in [0.05, 0.1) is 25.3 Å². The molecule has 0 aliphatic heterocycles. The Morgan fingerprint density at radius 1 is 1.27 bits per heavy atom. The first-order chi connectivity index (χ1) is 10.6. The van der Waals surface area contributed by atoms with Crippen LogP contribution in [0.4, 0.5) is 0 Å². The normalized spacial score (nSPS) is 10.5. The van der Waals surface area contributed by atoms with Crippen LogP contribution in [0.5, 0.6) is 17.4 Å². The van der Waals surface area contributed by atoms with Crippen molar-refractivity contribution in [2.75, 3.05) is 14.2 Å². The Labute approximate surface area is 128 Å². The first-order valence-electron chi connectivity index (χ1n) is 7.06. The summed E-state index contributed by atoms with van der Waals surface area (Å²) in [6.45, 7) is 2.00. The van der Waals surface area contributed by atoms with Crippen LogP contribution in [-0.2, 0) is 6.42 Å². The Bertz CT molecular complexity index is 708. The number of rotatable bonds is 6. The van der Waals surface area contributed by atoms with E-state index in [1.807, 2.05) is 6.92 Å². The third kappa shape index (κ3) is 3.21. The summed E-state index contributed by atoms with van der Waals surface area (Å²) < 4.78 is 15.6. The number of benzene rings is 1. The van der Waals surface area contributed by atoms with E-state index in [1.54, 1.807) is 25.3 Å². The van der Waals surface area contributed by atoms with Crippen molar-refractivity contribution >= 4 is 0 Å². The van der Waals surface area contributed by atoms with Crippen molar-refractivity contribution in [1.82, 2.24) is 4.98 Å². The van der Waals surface area contributed by atoms with E-state index < -0.39 is 5.63 Å². The predicted octanol–water partition coefficient (Wildman–Crippen LogP) is 2.77. The van der Waals surface area contributed by atoms with Gasteiger partial charge in [-0.05, 0) is 25.0 Å². The Kier molecular flexibility index (Phi) is 5.04. The second-order valence-electron chi connectivity index (χ2n) is 4.78. The van der Waals surface area contributed by atoms with E-state index in [9.17, 15) is 9.90 Å². The van der Waals surface area contributed by atoms with Crippen LogP contribution in [-0.4, -0.2) is 24.3 Å². The molecule has 1 aromatic heterocycles. The summed E-state index contributed by atoms with van der Waals surface area (Å²) in [7, 11) is 3.03. The van der Waals surface area contributed by atoms with Crippen molar-refractivity contribution in [3.8, 4) is 28.8 Å². The Hall–Kier alpha value is -2.50. The van der Waals surface area contributed by atoms with Gasteiger partial charge in [0.1, 0.15) is 11.5 Å². The molecule has 1 aromatic carbocycles. The number of methoxy groups -OCH3 is 2. The van der Waals surface area contributed by atoms with Gasteiger partial charge in [-0.25, -0.2) is 4.79 Å². The number of ether oxygens (including phenoxy) is 2. The molecule has 0 bridgehead atoms. The molecule has 22 heavy (non-hydrogen) atoms. The van der Waals surface area contributed by atoms with E-state index >= 15 is 0 Å². The fourth-order valence-electron chi connectivity index (χ4n) is 2.09. The maximum atomic E-state index is 12.0. The van der Waals surface area contributed by atoms with Crippen molar-refractivity contribution in [2.24, 2.45) is 0 Å². The monoisotopic (exact) mass is 305 g/mol. The minimum atomic E-state index is -0.575. The van der Waals surface area contributed by atoms with Crippen LogP contribution in [0.25, 0.3) is 11.5 Å². The molecule has 0 aliphatic rings. The van der Waals surface area contributed by atoms with Gasteiger partial charge in [0.25, 0.3) is 0 Å². The summed E-state index contributed by atoms with van der Waals surface area (Å²) in [6.07, 6.45) is 2.13. The molecule has 6 nitrogen and oxygen atoms in total. The van der Waals surface area contributed by atoms with Gasteiger partial charge in [0.15, 0.2) is 0 Å². The molecule has 0 amide bonds. The van der Waals surface area contributed by atoms with Crippen molar-refractivity contribution < 1.29 is 19.0 Å². The zero-order valence-electron chi connectivity index (χ0n) is 12.9. The minimum absolute atomic E-state index is 0.0160. The average Bonchev–Trinajstić information content (AvgIpc) is 2.53. The second-order valence-corrected chi connectivity index (χ2v) is 4.78. The van der Waals surface area contributed by atoms with E-state index in [2.05, 4.69) is 4.98 Å². The van der Waals surface area contributed by atoms with Crippen molar-refractivity contribution in [3.63, 3.8) is 0 Å². The highest BCUT2D eigenvalue weighted by atomic mass is 16.5. The van der Waals surface area contributed by atoms with Crippen molar-refractivity contribution in [3.05, 3.63) is 34.2 Å². The number of hydrogen-bond donors (Lipinski definition) is 1. The molecule has 0 saturated carbocycles. The van der Waals surface area contributed by atoms with E-state index in [0.29, 0.717) is 23.5 Å². The molecule has 0 saturated heterocycles. The van der Waals surface area contributed by atoms with Gasteiger partial charge >= 0.3 is 5.63 Å². The molecule has 118 valence electrons. The highest BCUT2D eigenvalue weighted by Crippen LogP contribution is 2.32. The largest absolute Gasteiger partial charge is 0.497 e. The molecule has 2 aromatic rings. The minimum Gasteiger partial charge on any atom is -0.497 e. The molecule has 0 unspecified atom stereocenters. The molecule has 0 fully saturated rings. The van der Waals surface area contributed by atoms with Crippen LogP contribution in [0.15, 0.2) is 27.4 Å². The highest BCUT2D eigenvalue weighted by Gasteiger charge is 2.17. The molecule has 2 rings (SSSR count). The quantitative estimate of drug-likeness (QED) is 0.883. The van der Waals surface area contributed by atoms with Gasteiger partial charge in [-0.1, -0.05) is 13.3 Å². The number of hydrogen-bond acceptors (Lipinski definition) is 6. The lowest BCUT2D eigenvalue weighted by Crippen LogP contribution is -2.10. The topological polar surface area (TPSA) is 81.8 Å². The molecule has 1 heterocycles. The fourth-order valence-corrected chi connectivity index (χ4v) is 2.09. The number of aromatic hydroxyl groups is 1. The van der Waals surface area contributed by atoms with Crippen LogP contribution in [0, 0.1) is 0 Å². The average molecular weight is 305 g/mol. The summed E-state index contributed by atoms with van der Waals surface area (Å²) in [5, 5.41) is 9.99. The lowest BCUT2D eigenvalue weighted by atomic mass is 10.1. The van der Waals surface area contributed by atoms with Crippen LogP contribution in [0.1, 0.15) is 25.3 Å². The molecule has 0 radical (unpaired) electrons. The molecule has 0 spiro atoms. The highest BCUT2D eigenvalue weighted by molar-refractivity contribution is 5.64. The SMILES string of the molecule is CCCCc1c(O)nc(-c2ccc(OC)cc2OC)oc1=O. The van der Waals surface area contributed by atoms with Crippen LogP contribution < -0.4 is 15.1 Å². The van der Waals surface area contributed by atoms with E-state index in [0.717, 1.165) is 12.8 Å². The molecular weight excluding hydrogens is 286 g/mol. The first kappa shape index (κ1) is 15.9. The fraction of sp³-hybridized carbons (Fsp3) is 0.375. The maximum Gasteiger partial charge on any atom is 0.346 e. The Balaban J connectivity index is 2.48. The number of unbranched alkanes of at least 4 members (excludes halogenated alkanes) is 1. The summed E-state index contributed by atoms with van der Waals surface area (Å²) in [5.41, 5.74) is 0.102. The van der Waals surface area contributed by atoms with E-state index in [1.165, 1.54) is 7.11 Å². The van der Waals surface area contributed by atoms with Crippen LogP contribution >= 0.6 is 0 Å². The van der Waals surface area contributed by atoms with Gasteiger partial charge in [-0.3, -0.25) is 0 Å². The van der Waals surface area contributed by atoms with Crippen LogP contribution in [0.2, 0.25) is 0 Å². The van der Waals surface area contributed by atoms with Gasteiger partial charge in [0, 0.05) is 6.07 Å². The van der Waals surface area contributed by atoms with E-state index in [-0.39, 0.29) is 17.3 Å². The number of aromatic nitrogens is 1. The zero-order chi connectivity index (χ0) is 16.1. The third-order valence-electron chi connectivity index (χ3n) is 3.33. The smallest absolute Gasteiger partial charge is 0.346 e. The molecule has 0 aliphatic carbocycles. The lowest BCUT2D eigenvalue weighted by Gasteiger charge is -2.09. The van der Waals surface area contributed by atoms with Crippen LogP contribution in [0.3, 0.4) is 0 Å². The molecule has 1 N–H and O–H groups in total. The molecule has 0 atom stereocenters. The standard InChI is InChI=1S/C16H19NO5/c1-4-5-6-12-14(18)17-15(22-16(12)19)11-8-7-10(20-2)9-13(11)21-3/h7-9,18H,4-6H2,1-3H3. The summed E-state index contributed by atoms with van der Waals surface area (Å²) in [5.74, 6) is 0.766. The van der Waals surface area contributed by atoms with Gasteiger partial charge in [-0.15, -0.1) is 0 Å².